The molecule has 0 spiro atoms. The SMILES string of the molecule is CC1CCN(C(=O)c2nc(C(=O)O)sc2-c2ccc(S(=O)(=O)NC(C)C(F)(F)F)c3ccccc23)CC1. The van der Waals surface area contributed by atoms with Crippen molar-refractivity contribution in [1.29, 1.82) is 0 Å². The summed E-state index contributed by atoms with van der Waals surface area (Å²) in [7, 11) is -4.58. The second kappa shape index (κ2) is 10.0. The number of fused-ring (bicyclic) bond motifs is 1. The molecule has 0 radical (unpaired) electrons. The molecule has 2 aromatic carbocycles. The Kier molecular flexibility index (Phi) is 7.32. The molecule has 2 N–H and O–H groups in total. The molecule has 198 valence electrons. The van der Waals surface area contributed by atoms with Gasteiger partial charge >= 0.3 is 12.1 Å². The van der Waals surface area contributed by atoms with Crippen molar-refractivity contribution in [3.63, 3.8) is 0 Å². The van der Waals surface area contributed by atoms with E-state index in [4.69, 9.17) is 0 Å². The fraction of sp³-hybridized carbons (Fsp3) is 0.375. The summed E-state index contributed by atoms with van der Waals surface area (Å²) in [5.74, 6) is -1.28. The van der Waals surface area contributed by atoms with Gasteiger partial charge in [0.1, 0.15) is 11.7 Å². The molecule has 1 unspecified atom stereocenters. The zero-order valence-electron chi connectivity index (χ0n) is 19.9. The van der Waals surface area contributed by atoms with Gasteiger partial charge in [0.2, 0.25) is 15.0 Å². The molecule has 2 heterocycles. The average molecular weight is 556 g/mol. The zero-order valence-corrected chi connectivity index (χ0v) is 21.5. The van der Waals surface area contributed by atoms with Crippen molar-refractivity contribution in [3.05, 3.63) is 47.1 Å². The third-order valence-corrected chi connectivity index (χ3v) is 9.00. The van der Waals surface area contributed by atoms with Gasteiger partial charge in [-0.05, 0) is 37.1 Å². The highest BCUT2D eigenvalue weighted by Gasteiger charge is 2.39. The van der Waals surface area contributed by atoms with Crippen LogP contribution in [0.1, 0.15) is 47.0 Å². The van der Waals surface area contributed by atoms with Gasteiger partial charge in [-0.1, -0.05) is 37.3 Å². The average Bonchev–Trinajstić information content (AvgIpc) is 3.28. The van der Waals surface area contributed by atoms with Crippen LogP contribution in [0.5, 0.6) is 0 Å². The number of carboxylic acids is 1. The van der Waals surface area contributed by atoms with Gasteiger partial charge in [-0.3, -0.25) is 4.79 Å². The first-order valence-electron chi connectivity index (χ1n) is 11.4. The maximum Gasteiger partial charge on any atom is 0.404 e. The van der Waals surface area contributed by atoms with Gasteiger partial charge in [-0.2, -0.15) is 17.9 Å². The number of nitrogens with one attached hydrogen (secondary N) is 1. The van der Waals surface area contributed by atoms with E-state index in [1.54, 1.807) is 21.8 Å². The van der Waals surface area contributed by atoms with Gasteiger partial charge in [-0.15, -0.1) is 11.3 Å². The minimum Gasteiger partial charge on any atom is -0.476 e. The first-order valence-corrected chi connectivity index (χ1v) is 13.7. The summed E-state index contributed by atoms with van der Waals surface area (Å²) in [6, 6.07) is 6.36. The molecule has 3 aromatic rings. The van der Waals surface area contributed by atoms with E-state index < -0.39 is 34.1 Å². The van der Waals surface area contributed by atoms with Gasteiger partial charge < -0.3 is 10.0 Å². The highest BCUT2D eigenvalue weighted by Crippen LogP contribution is 2.39. The van der Waals surface area contributed by atoms with E-state index in [9.17, 15) is 36.3 Å². The number of rotatable bonds is 6. The molecular formula is C24H24F3N3O5S2. The Labute approximate surface area is 215 Å². The second-order valence-corrected chi connectivity index (χ2v) is 11.7. The number of hydrogen-bond donors (Lipinski definition) is 2. The van der Waals surface area contributed by atoms with Crippen LogP contribution in [-0.2, 0) is 10.0 Å². The lowest BCUT2D eigenvalue weighted by Crippen LogP contribution is -2.43. The Bertz CT molecular complexity index is 1460. The number of halogens is 3. The number of benzene rings is 2. The maximum atomic E-state index is 13.4. The van der Waals surface area contributed by atoms with Gasteiger partial charge in [0.15, 0.2) is 0 Å². The highest BCUT2D eigenvalue weighted by molar-refractivity contribution is 7.89. The molecule has 1 saturated heterocycles. The number of likely N-dealkylation sites (tertiary alicyclic amines) is 1. The smallest absolute Gasteiger partial charge is 0.404 e. The van der Waals surface area contributed by atoms with Crippen molar-refractivity contribution in [3.8, 4) is 10.4 Å². The molecule has 1 fully saturated rings. The van der Waals surface area contributed by atoms with Crippen LogP contribution < -0.4 is 4.72 Å². The lowest BCUT2D eigenvalue weighted by Gasteiger charge is -2.30. The number of carbonyl (C=O) groups excluding carboxylic acids is 1. The molecule has 8 nitrogen and oxygen atoms in total. The van der Waals surface area contributed by atoms with E-state index in [1.165, 1.54) is 18.2 Å². The number of piperidine rings is 1. The normalized spacial score (nSPS) is 16.2. The first kappa shape index (κ1) is 27.0. The third-order valence-electron chi connectivity index (χ3n) is 6.32. The van der Waals surface area contributed by atoms with Gasteiger partial charge in [0.25, 0.3) is 5.91 Å². The predicted molar refractivity (Wildman–Crippen MR) is 132 cm³/mol. The van der Waals surface area contributed by atoms with Gasteiger partial charge in [-0.25, -0.2) is 18.2 Å². The molecule has 0 aliphatic carbocycles. The Morgan fingerprint density at radius 2 is 1.76 bits per heavy atom. The van der Waals surface area contributed by atoms with Crippen molar-refractivity contribution in [2.24, 2.45) is 5.92 Å². The van der Waals surface area contributed by atoms with E-state index in [-0.39, 0.29) is 25.9 Å². The van der Waals surface area contributed by atoms with E-state index in [1.807, 2.05) is 0 Å². The quantitative estimate of drug-likeness (QED) is 0.453. The topological polar surface area (TPSA) is 117 Å². The largest absolute Gasteiger partial charge is 0.476 e. The van der Waals surface area contributed by atoms with E-state index in [0.717, 1.165) is 30.2 Å². The molecule has 1 atom stereocenters. The number of aromatic carboxylic acids is 1. The van der Waals surface area contributed by atoms with E-state index in [0.29, 0.717) is 36.9 Å². The zero-order chi connectivity index (χ0) is 27.1. The summed E-state index contributed by atoms with van der Waals surface area (Å²) in [5, 5.41) is 9.70. The fourth-order valence-electron chi connectivity index (χ4n) is 4.17. The Balaban J connectivity index is 1.84. The summed E-state index contributed by atoms with van der Waals surface area (Å²) in [5.41, 5.74) is 0.304. The van der Waals surface area contributed by atoms with Gasteiger partial charge in [0.05, 0.1) is 9.77 Å². The number of alkyl halides is 3. The first-order chi connectivity index (χ1) is 17.3. The van der Waals surface area contributed by atoms with Crippen LogP contribution in [-0.4, -0.2) is 60.6 Å². The summed E-state index contributed by atoms with van der Waals surface area (Å²) in [4.78, 5) is 30.7. The minimum absolute atomic E-state index is 0.0541. The maximum absolute atomic E-state index is 13.4. The lowest BCUT2D eigenvalue weighted by atomic mass is 9.98. The number of amides is 1. The fourth-order valence-corrected chi connectivity index (χ4v) is 6.54. The van der Waals surface area contributed by atoms with Crippen molar-refractivity contribution in [1.82, 2.24) is 14.6 Å². The van der Waals surface area contributed by atoms with E-state index >= 15 is 0 Å². The molecule has 0 bridgehead atoms. The summed E-state index contributed by atoms with van der Waals surface area (Å²) in [6.45, 7) is 3.80. The van der Waals surface area contributed by atoms with Crippen LogP contribution in [0.15, 0.2) is 41.3 Å². The number of carboxylic acid groups (broad SMARTS) is 1. The van der Waals surface area contributed by atoms with Crippen LogP contribution in [0.25, 0.3) is 21.2 Å². The second-order valence-electron chi connectivity index (χ2n) is 9.02. The molecule has 1 aromatic heterocycles. The summed E-state index contributed by atoms with van der Waals surface area (Å²) >= 11 is 0.784. The van der Waals surface area contributed by atoms with Gasteiger partial charge in [0, 0.05) is 24.0 Å². The monoisotopic (exact) mass is 555 g/mol. The number of nitrogens with zero attached hydrogens (tertiary/aromatic N) is 2. The van der Waals surface area contributed by atoms with Crippen LogP contribution in [0.2, 0.25) is 0 Å². The number of sulfonamides is 1. The Morgan fingerprint density at radius 3 is 2.35 bits per heavy atom. The number of aromatic nitrogens is 1. The van der Waals surface area contributed by atoms with E-state index in [2.05, 4.69) is 11.9 Å². The number of thiazole rings is 1. The molecule has 4 rings (SSSR count). The van der Waals surface area contributed by atoms with Crippen molar-refractivity contribution >= 4 is 44.0 Å². The lowest BCUT2D eigenvalue weighted by molar-refractivity contribution is -0.147. The minimum atomic E-state index is -4.78. The van der Waals surface area contributed by atoms with Crippen LogP contribution in [0.3, 0.4) is 0 Å². The molecule has 1 aliphatic rings. The standard InChI is InChI=1S/C24H24F3N3O5S2/c1-13-9-11-30(12-10-13)22(31)19-20(36-21(28-19)23(32)33)17-7-8-18(16-6-4-3-5-15(16)17)37(34,35)29-14(2)24(25,26)27/h3-8,13-14,29H,9-12H2,1-2H3,(H,32,33). The molecule has 1 amide bonds. The molecule has 1 aliphatic heterocycles. The van der Waals surface area contributed by atoms with Crippen molar-refractivity contribution < 1.29 is 36.3 Å². The third kappa shape index (κ3) is 5.48. The van der Waals surface area contributed by atoms with Crippen LogP contribution in [0.4, 0.5) is 13.2 Å². The predicted octanol–water partition coefficient (Wildman–Crippen LogP) is 4.76. The van der Waals surface area contributed by atoms with Crippen molar-refractivity contribution in [2.75, 3.05) is 13.1 Å². The number of carbonyl (C=O) groups is 2. The Hall–Kier alpha value is -3.03. The Morgan fingerprint density at radius 1 is 1.14 bits per heavy atom. The molecule has 37 heavy (non-hydrogen) atoms. The van der Waals surface area contributed by atoms with Crippen molar-refractivity contribution in [2.45, 2.75) is 43.8 Å². The van der Waals surface area contributed by atoms with Crippen LogP contribution in [0, 0.1) is 5.92 Å². The summed E-state index contributed by atoms with van der Waals surface area (Å²) in [6.07, 6.45) is -3.17. The van der Waals surface area contributed by atoms with Crippen LogP contribution >= 0.6 is 11.3 Å². The summed E-state index contributed by atoms with van der Waals surface area (Å²) < 4.78 is 66.6. The molecular weight excluding hydrogens is 531 g/mol. The highest BCUT2D eigenvalue weighted by atomic mass is 32.2. The molecule has 0 saturated carbocycles. The molecule has 13 heteroatoms. The number of hydrogen-bond acceptors (Lipinski definition) is 6.